The molecule has 5 unspecified atom stereocenters. The summed E-state index contributed by atoms with van der Waals surface area (Å²) < 4.78 is 17.3. The van der Waals surface area contributed by atoms with Crippen LogP contribution in [0.5, 0.6) is 0 Å². The first-order valence-electron chi connectivity index (χ1n) is 10.2. The highest BCUT2D eigenvalue weighted by atomic mass is 16.6. The van der Waals surface area contributed by atoms with E-state index in [2.05, 4.69) is 10.3 Å². The van der Waals surface area contributed by atoms with Crippen molar-refractivity contribution in [3.63, 3.8) is 0 Å². The number of hydrogen-bond donors (Lipinski definition) is 4. The molecule has 12 nitrogen and oxygen atoms in total. The zero-order chi connectivity index (χ0) is 24.4. The van der Waals surface area contributed by atoms with Crippen LogP contribution < -0.4 is 16.7 Å². The van der Waals surface area contributed by atoms with Crippen molar-refractivity contribution < 1.29 is 34.0 Å². The maximum atomic E-state index is 12.9. The molecule has 2 rings (SSSR count). The number of nitrogens with zero attached hydrogens (tertiary/aromatic N) is 2. The first-order valence-corrected chi connectivity index (χ1v) is 10.2. The summed E-state index contributed by atoms with van der Waals surface area (Å²) in [6.07, 6.45) is -3.33. The molecule has 32 heavy (non-hydrogen) atoms. The summed E-state index contributed by atoms with van der Waals surface area (Å²) >= 11 is 0. The number of hydrogen-bond acceptors (Lipinski definition) is 10. The average molecular weight is 456 g/mol. The Labute approximate surface area is 185 Å². The van der Waals surface area contributed by atoms with Crippen molar-refractivity contribution >= 4 is 17.9 Å². The first-order chi connectivity index (χ1) is 14.7. The number of aliphatic hydroxyl groups excluding tert-OH is 1. The van der Waals surface area contributed by atoms with Gasteiger partial charge in [-0.2, -0.15) is 4.98 Å². The summed E-state index contributed by atoms with van der Waals surface area (Å²) in [4.78, 5) is 40.9. The molecular formula is C20H32N4O8. The van der Waals surface area contributed by atoms with Crippen LogP contribution in [0.15, 0.2) is 17.1 Å². The third-order valence-electron chi connectivity index (χ3n) is 4.84. The molecular weight excluding hydrogens is 424 g/mol. The summed E-state index contributed by atoms with van der Waals surface area (Å²) in [7, 11) is 0. The van der Waals surface area contributed by atoms with Gasteiger partial charge in [0.05, 0.1) is 6.61 Å². The van der Waals surface area contributed by atoms with Gasteiger partial charge in [-0.15, -0.1) is 0 Å². The van der Waals surface area contributed by atoms with Crippen LogP contribution in [-0.4, -0.2) is 67.9 Å². The minimum atomic E-state index is -1.92. The van der Waals surface area contributed by atoms with Gasteiger partial charge in [0, 0.05) is 6.20 Å². The van der Waals surface area contributed by atoms with Crippen LogP contribution in [0, 0.1) is 5.92 Å². The van der Waals surface area contributed by atoms with Crippen molar-refractivity contribution in [3.8, 4) is 0 Å². The SMILES string of the molecule is CC(C)C(NC(=O)OC(C)(C)C)C(=O)OC1C(CO)OC(n2ccc(N)nc2=O)C1(C)O. The van der Waals surface area contributed by atoms with Gasteiger partial charge >= 0.3 is 17.8 Å². The lowest BCUT2D eigenvalue weighted by atomic mass is 9.95. The summed E-state index contributed by atoms with van der Waals surface area (Å²) in [5.41, 5.74) is 2.02. The van der Waals surface area contributed by atoms with E-state index < -0.39 is 60.0 Å². The number of nitrogens with two attached hydrogens (primary N) is 1. The fourth-order valence-corrected chi connectivity index (χ4v) is 3.31. The molecule has 0 aromatic carbocycles. The zero-order valence-corrected chi connectivity index (χ0v) is 19.1. The number of anilines is 1. The van der Waals surface area contributed by atoms with E-state index >= 15 is 0 Å². The summed E-state index contributed by atoms with van der Waals surface area (Å²) in [6.45, 7) is 9.14. The van der Waals surface area contributed by atoms with Crippen molar-refractivity contribution in [2.45, 2.75) is 77.2 Å². The number of carbonyl (C=O) groups is 2. The van der Waals surface area contributed by atoms with E-state index in [1.165, 1.54) is 19.2 Å². The minimum Gasteiger partial charge on any atom is -0.455 e. The lowest BCUT2D eigenvalue weighted by Crippen LogP contribution is -2.53. The Hall–Kier alpha value is -2.70. The van der Waals surface area contributed by atoms with E-state index in [1.54, 1.807) is 34.6 Å². The maximum absolute atomic E-state index is 12.9. The Kier molecular flexibility index (Phi) is 7.53. The van der Waals surface area contributed by atoms with Crippen molar-refractivity contribution in [2.24, 2.45) is 5.92 Å². The number of nitrogens with one attached hydrogen (secondary N) is 1. The van der Waals surface area contributed by atoms with E-state index in [0.29, 0.717) is 0 Å². The van der Waals surface area contributed by atoms with Gasteiger partial charge < -0.3 is 35.5 Å². The van der Waals surface area contributed by atoms with Crippen molar-refractivity contribution in [1.82, 2.24) is 14.9 Å². The number of rotatable bonds is 6. The Balaban J connectivity index is 2.25. The molecule has 0 aliphatic carbocycles. The van der Waals surface area contributed by atoms with Crippen LogP contribution in [0.4, 0.5) is 10.6 Å². The van der Waals surface area contributed by atoms with E-state index in [4.69, 9.17) is 19.9 Å². The molecule has 1 saturated heterocycles. The maximum Gasteiger partial charge on any atom is 0.408 e. The van der Waals surface area contributed by atoms with Gasteiger partial charge in [0.25, 0.3) is 0 Å². The Morgan fingerprint density at radius 3 is 2.53 bits per heavy atom. The van der Waals surface area contributed by atoms with Crippen molar-refractivity contribution in [2.75, 3.05) is 12.3 Å². The van der Waals surface area contributed by atoms with E-state index in [-0.39, 0.29) is 11.7 Å². The van der Waals surface area contributed by atoms with Crippen LogP contribution in [0.3, 0.4) is 0 Å². The molecule has 1 fully saturated rings. The lowest BCUT2D eigenvalue weighted by molar-refractivity contribution is -0.167. The quantitative estimate of drug-likeness (QED) is 0.424. The zero-order valence-electron chi connectivity index (χ0n) is 19.1. The van der Waals surface area contributed by atoms with Gasteiger partial charge in [0.1, 0.15) is 29.2 Å². The lowest BCUT2D eigenvalue weighted by Gasteiger charge is -2.32. The summed E-state index contributed by atoms with van der Waals surface area (Å²) in [5.74, 6) is -1.25. The largest absolute Gasteiger partial charge is 0.455 e. The molecule has 1 aromatic rings. The molecule has 0 bridgehead atoms. The Bertz CT molecular complexity index is 892. The smallest absolute Gasteiger partial charge is 0.408 e. The number of alkyl carbamates (subject to hydrolysis) is 1. The highest BCUT2D eigenvalue weighted by molar-refractivity contribution is 5.82. The van der Waals surface area contributed by atoms with Gasteiger partial charge in [-0.3, -0.25) is 4.57 Å². The summed E-state index contributed by atoms with van der Waals surface area (Å²) in [5, 5.41) is 23.3. The number of aromatic nitrogens is 2. The average Bonchev–Trinajstić information content (AvgIpc) is 2.88. The molecule has 1 amide bonds. The van der Waals surface area contributed by atoms with Gasteiger partial charge in [0.15, 0.2) is 12.3 Å². The number of aliphatic hydroxyl groups is 2. The molecule has 1 aliphatic rings. The Morgan fingerprint density at radius 1 is 1.41 bits per heavy atom. The van der Waals surface area contributed by atoms with E-state index in [9.17, 15) is 24.6 Å². The number of carbonyl (C=O) groups excluding carboxylic acids is 2. The molecule has 2 heterocycles. The molecule has 1 aliphatic heterocycles. The van der Waals surface area contributed by atoms with Gasteiger partial charge in [0.2, 0.25) is 0 Å². The molecule has 5 atom stereocenters. The Morgan fingerprint density at radius 2 is 2.03 bits per heavy atom. The molecule has 180 valence electrons. The monoisotopic (exact) mass is 456 g/mol. The number of esters is 1. The molecule has 12 heteroatoms. The van der Waals surface area contributed by atoms with Crippen LogP contribution in [0.25, 0.3) is 0 Å². The standard InChI is InChI=1S/C20H32N4O8/c1-10(2)13(23-18(28)32-19(3,4)5)15(26)31-14-11(9-25)30-16(20(14,6)29)24-8-7-12(21)22-17(24)27/h7-8,10-11,13-14,16,25,29H,9H2,1-6H3,(H,23,28)(H2,21,22,27). The normalized spacial score (nSPS) is 26.6. The fourth-order valence-electron chi connectivity index (χ4n) is 3.31. The topological polar surface area (TPSA) is 175 Å². The highest BCUT2D eigenvalue weighted by Gasteiger charge is 2.56. The number of ether oxygens (including phenoxy) is 3. The van der Waals surface area contributed by atoms with Gasteiger partial charge in [-0.25, -0.2) is 14.4 Å². The van der Waals surface area contributed by atoms with Crippen LogP contribution >= 0.6 is 0 Å². The fraction of sp³-hybridized carbons (Fsp3) is 0.700. The second kappa shape index (κ2) is 9.43. The third kappa shape index (κ3) is 5.75. The second-order valence-corrected chi connectivity index (χ2v) is 9.20. The van der Waals surface area contributed by atoms with Crippen LogP contribution in [0.2, 0.25) is 0 Å². The molecule has 0 radical (unpaired) electrons. The van der Waals surface area contributed by atoms with Crippen molar-refractivity contribution in [1.29, 1.82) is 0 Å². The second-order valence-electron chi connectivity index (χ2n) is 9.20. The third-order valence-corrected chi connectivity index (χ3v) is 4.84. The van der Waals surface area contributed by atoms with E-state index in [1.807, 2.05) is 0 Å². The number of nitrogen functional groups attached to an aromatic ring is 1. The van der Waals surface area contributed by atoms with Gasteiger partial charge in [-0.05, 0) is 39.7 Å². The van der Waals surface area contributed by atoms with Crippen LogP contribution in [0.1, 0.15) is 47.8 Å². The predicted molar refractivity (Wildman–Crippen MR) is 112 cm³/mol. The van der Waals surface area contributed by atoms with Crippen molar-refractivity contribution in [3.05, 3.63) is 22.7 Å². The van der Waals surface area contributed by atoms with Crippen LogP contribution in [-0.2, 0) is 19.0 Å². The first kappa shape index (κ1) is 25.6. The molecule has 0 spiro atoms. The number of amides is 1. The predicted octanol–water partition coefficient (Wildman–Crippen LogP) is -0.0727. The molecule has 1 aromatic heterocycles. The van der Waals surface area contributed by atoms with E-state index in [0.717, 1.165) is 4.57 Å². The highest BCUT2D eigenvalue weighted by Crippen LogP contribution is 2.39. The van der Waals surface area contributed by atoms with Gasteiger partial charge in [-0.1, -0.05) is 13.8 Å². The summed E-state index contributed by atoms with van der Waals surface area (Å²) in [6, 6.07) is 0.244. The minimum absolute atomic E-state index is 0.0152. The molecule has 5 N–H and O–H groups in total. The molecule has 0 saturated carbocycles.